The number of carbonyl (C=O) groups is 1. The molecule has 1 aliphatic rings. The van der Waals surface area contributed by atoms with Crippen molar-refractivity contribution in [2.45, 2.75) is 38.5 Å². The lowest BCUT2D eigenvalue weighted by Gasteiger charge is -2.15. The first-order chi connectivity index (χ1) is 12.2. The van der Waals surface area contributed by atoms with Gasteiger partial charge in [0, 0.05) is 6.08 Å². The second kappa shape index (κ2) is 8.48. The molecule has 0 radical (unpaired) electrons. The van der Waals surface area contributed by atoms with Gasteiger partial charge >= 0.3 is 5.97 Å². The highest BCUT2D eigenvalue weighted by atomic mass is 16.4. The Morgan fingerprint density at radius 3 is 2.00 bits per heavy atom. The van der Waals surface area contributed by atoms with Gasteiger partial charge < -0.3 is 5.11 Å². The third-order valence-corrected chi connectivity index (χ3v) is 4.74. The number of allylic oxidation sites excluding steroid dienone is 1. The zero-order valence-corrected chi connectivity index (χ0v) is 14.4. The quantitative estimate of drug-likeness (QED) is 0.555. The van der Waals surface area contributed by atoms with Crippen molar-refractivity contribution in [3.8, 4) is 0 Å². The number of carboxylic acids is 1. The summed E-state index contributed by atoms with van der Waals surface area (Å²) >= 11 is 0. The Balaban J connectivity index is 2.00. The van der Waals surface area contributed by atoms with Gasteiger partial charge in [0.15, 0.2) is 0 Å². The van der Waals surface area contributed by atoms with Gasteiger partial charge in [-0.15, -0.1) is 0 Å². The average molecular weight is 332 g/mol. The summed E-state index contributed by atoms with van der Waals surface area (Å²) in [6, 6.07) is 18.8. The molecule has 0 atom stereocenters. The van der Waals surface area contributed by atoms with E-state index in [2.05, 4.69) is 42.5 Å². The van der Waals surface area contributed by atoms with Crippen LogP contribution in [-0.4, -0.2) is 11.1 Å². The van der Waals surface area contributed by atoms with Crippen LogP contribution < -0.4 is 0 Å². The summed E-state index contributed by atoms with van der Waals surface area (Å²) in [5.74, 6) is -0.922. The Morgan fingerprint density at radius 1 is 0.800 bits per heavy atom. The number of aliphatic carboxylic acids is 1. The van der Waals surface area contributed by atoms with Crippen molar-refractivity contribution in [3.63, 3.8) is 0 Å². The summed E-state index contributed by atoms with van der Waals surface area (Å²) in [5.41, 5.74) is 6.31. The minimum absolute atomic E-state index is 0.907. The van der Waals surface area contributed by atoms with Crippen molar-refractivity contribution in [1.29, 1.82) is 0 Å². The predicted molar refractivity (Wildman–Crippen MR) is 103 cm³/mol. The zero-order chi connectivity index (χ0) is 17.5. The normalized spacial score (nSPS) is 15.1. The minimum Gasteiger partial charge on any atom is -0.478 e. The van der Waals surface area contributed by atoms with Crippen LogP contribution in [0.2, 0.25) is 0 Å². The van der Waals surface area contributed by atoms with E-state index in [1.165, 1.54) is 61.3 Å². The maximum atomic E-state index is 10.7. The molecule has 2 aromatic carbocycles. The van der Waals surface area contributed by atoms with Crippen molar-refractivity contribution in [2.75, 3.05) is 0 Å². The van der Waals surface area contributed by atoms with Gasteiger partial charge in [-0.05, 0) is 54.0 Å². The van der Waals surface area contributed by atoms with E-state index in [0.717, 1.165) is 5.56 Å². The first-order valence-corrected chi connectivity index (χ1v) is 9.03. The molecule has 1 N–H and O–H groups in total. The van der Waals surface area contributed by atoms with Gasteiger partial charge in [0.05, 0.1) is 0 Å². The predicted octanol–water partition coefficient (Wildman–Crippen LogP) is 5.94. The molecule has 3 rings (SSSR count). The molecule has 2 heteroatoms. The Labute approximate surface area is 149 Å². The molecule has 0 saturated heterocycles. The molecule has 1 saturated carbocycles. The maximum Gasteiger partial charge on any atom is 0.328 e. The lowest BCUT2D eigenvalue weighted by atomic mass is 9.89. The van der Waals surface area contributed by atoms with Gasteiger partial charge in [0.2, 0.25) is 0 Å². The van der Waals surface area contributed by atoms with Gasteiger partial charge in [0.25, 0.3) is 0 Å². The Morgan fingerprint density at radius 2 is 1.40 bits per heavy atom. The molecule has 1 fully saturated rings. The van der Waals surface area contributed by atoms with Crippen molar-refractivity contribution in [2.24, 2.45) is 0 Å². The van der Waals surface area contributed by atoms with Crippen LogP contribution in [0.1, 0.15) is 55.2 Å². The minimum atomic E-state index is -0.922. The first-order valence-electron chi connectivity index (χ1n) is 9.03. The van der Waals surface area contributed by atoms with Crippen molar-refractivity contribution in [1.82, 2.24) is 0 Å². The molecule has 25 heavy (non-hydrogen) atoms. The topological polar surface area (TPSA) is 37.3 Å². The fourth-order valence-corrected chi connectivity index (χ4v) is 3.51. The van der Waals surface area contributed by atoms with Crippen molar-refractivity contribution >= 4 is 17.6 Å². The molecule has 2 aromatic rings. The van der Waals surface area contributed by atoms with E-state index in [1.807, 2.05) is 12.1 Å². The lowest BCUT2D eigenvalue weighted by molar-refractivity contribution is -0.131. The van der Waals surface area contributed by atoms with Crippen LogP contribution >= 0.6 is 0 Å². The Hall–Kier alpha value is -2.61. The van der Waals surface area contributed by atoms with E-state index >= 15 is 0 Å². The molecular weight excluding hydrogens is 308 g/mol. The fraction of sp³-hybridized carbons (Fsp3) is 0.261. The summed E-state index contributed by atoms with van der Waals surface area (Å²) in [7, 11) is 0. The molecular formula is C23H24O2. The lowest BCUT2D eigenvalue weighted by Crippen LogP contribution is -1.95. The van der Waals surface area contributed by atoms with Crippen LogP contribution in [-0.2, 0) is 4.79 Å². The molecule has 0 aromatic heterocycles. The molecule has 0 heterocycles. The smallest absolute Gasteiger partial charge is 0.328 e. The van der Waals surface area contributed by atoms with Crippen molar-refractivity contribution < 1.29 is 9.90 Å². The van der Waals surface area contributed by atoms with Crippen LogP contribution in [0, 0.1) is 0 Å². The molecule has 0 amide bonds. The summed E-state index contributed by atoms with van der Waals surface area (Å²) < 4.78 is 0. The second-order valence-electron chi connectivity index (χ2n) is 6.55. The molecule has 128 valence electrons. The van der Waals surface area contributed by atoms with Crippen LogP contribution in [0.15, 0.2) is 66.2 Å². The van der Waals surface area contributed by atoms with Gasteiger partial charge in [-0.25, -0.2) is 4.79 Å². The zero-order valence-electron chi connectivity index (χ0n) is 14.4. The maximum absolute atomic E-state index is 10.7. The van der Waals surface area contributed by atoms with Crippen LogP contribution in [0.25, 0.3) is 11.6 Å². The molecule has 0 aliphatic heterocycles. The highest BCUT2D eigenvalue weighted by Crippen LogP contribution is 2.34. The Kier molecular flexibility index (Phi) is 5.84. The highest BCUT2D eigenvalue weighted by Gasteiger charge is 2.14. The second-order valence-corrected chi connectivity index (χ2v) is 6.55. The number of rotatable bonds is 4. The van der Waals surface area contributed by atoms with Gasteiger partial charge in [-0.1, -0.05) is 73.0 Å². The third-order valence-electron chi connectivity index (χ3n) is 4.74. The number of hydrogen-bond donors (Lipinski definition) is 1. The number of benzene rings is 2. The van der Waals surface area contributed by atoms with Gasteiger partial charge in [0.1, 0.15) is 0 Å². The fourth-order valence-electron chi connectivity index (χ4n) is 3.51. The van der Waals surface area contributed by atoms with Crippen LogP contribution in [0.5, 0.6) is 0 Å². The van der Waals surface area contributed by atoms with E-state index < -0.39 is 5.97 Å². The largest absolute Gasteiger partial charge is 0.478 e. The summed E-state index contributed by atoms with van der Waals surface area (Å²) in [5, 5.41) is 8.77. The first kappa shape index (κ1) is 17.2. The molecule has 0 unspecified atom stereocenters. The van der Waals surface area contributed by atoms with Crippen LogP contribution in [0.3, 0.4) is 0 Å². The van der Waals surface area contributed by atoms with E-state index in [9.17, 15) is 4.79 Å². The number of carboxylic acid groups (broad SMARTS) is 1. The standard InChI is InChI=1S/C23H24O2/c24-22(25)17-14-18-12-15-21(16-13-18)23(20-10-6-3-7-11-20)19-8-4-1-2-5-9-19/h3,6-7,10-17H,1-2,4-5,8-9H2,(H,24,25)/b17-14+. The summed E-state index contributed by atoms with van der Waals surface area (Å²) in [6.07, 6.45) is 10.3. The van der Waals surface area contributed by atoms with Crippen LogP contribution in [0.4, 0.5) is 0 Å². The van der Waals surface area contributed by atoms with E-state index in [-0.39, 0.29) is 0 Å². The third kappa shape index (κ3) is 4.69. The molecule has 2 nitrogen and oxygen atoms in total. The summed E-state index contributed by atoms with van der Waals surface area (Å²) in [6.45, 7) is 0. The number of hydrogen-bond acceptors (Lipinski definition) is 1. The van der Waals surface area contributed by atoms with E-state index in [0.29, 0.717) is 0 Å². The molecule has 1 aliphatic carbocycles. The van der Waals surface area contributed by atoms with E-state index in [1.54, 1.807) is 11.6 Å². The molecule has 0 spiro atoms. The van der Waals surface area contributed by atoms with Crippen molar-refractivity contribution in [3.05, 3.63) is 82.9 Å². The summed E-state index contributed by atoms with van der Waals surface area (Å²) in [4.78, 5) is 10.7. The highest BCUT2D eigenvalue weighted by molar-refractivity contribution is 5.86. The van der Waals surface area contributed by atoms with Gasteiger partial charge in [-0.3, -0.25) is 0 Å². The monoisotopic (exact) mass is 332 g/mol. The molecule has 0 bridgehead atoms. The SMILES string of the molecule is O=C(O)/C=C/c1ccc(C(=C2CCCCCC2)c2ccccc2)cc1. The van der Waals surface area contributed by atoms with E-state index in [4.69, 9.17) is 5.11 Å². The van der Waals surface area contributed by atoms with Gasteiger partial charge in [-0.2, -0.15) is 0 Å². The average Bonchev–Trinajstić information content (AvgIpc) is 2.91. The Bertz CT molecular complexity index is 757.